The molecule has 0 atom stereocenters. The molecule has 210 valence electrons. The van der Waals surface area contributed by atoms with Crippen molar-refractivity contribution >= 4 is 5.97 Å². The number of alkyl halides is 3. The topological polar surface area (TPSA) is 68.5 Å². The van der Waals surface area contributed by atoms with Crippen LogP contribution in [-0.4, -0.2) is 40.2 Å². The molecular weight excluding hydrogens is 526 g/mol. The Labute approximate surface area is 229 Å². The van der Waals surface area contributed by atoms with Gasteiger partial charge in [0.2, 0.25) is 5.82 Å². The van der Waals surface area contributed by atoms with Crippen LogP contribution in [0.2, 0.25) is 0 Å². The molecule has 0 aliphatic carbocycles. The van der Waals surface area contributed by atoms with E-state index in [-0.39, 0.29) is 35.9 Å². The van der Waals surface area contributed by atoms with E-state index in [1.807, 2.05) is 0 Å². The SMILES string of the molecule is Cc1ccccc1-c1ccc(-c2nc(-c3ccc(CN(C)CC(=O)OC(C)(C)C)c(F)c3)no2)cc1C(F)(F)F. The second kappa shape index (κ2) is 11.2. The molecule has 10 heteroatoms. The quantitative estimate of drug-likeness (QED) is 0.176. The summed E-state index contributed by atoms with van der Waals surface area (Å²) in [6.07, 6.45) is -4.62. The largest absolute Gasteiger partial charge is 0.459 e. The fourth-order valence-electron chi connectivity index (χ4n) is 4.24. The zero-order valence-corrected chi connectivity index (χ0v) is 22.8. The van der Waals surface area contributed by atoms with Crippen LogP contribution >= 0.6 is 0 Å². The molecular formula is C30H29F4N3O3. The van der Waals surface area contributed by atoms with Crippen LogP contribution in [0.15, 0.2) is 65.2 Å². The lowest BCUT2D eigenvalue weighted by atomic mass is 9.94. The number of hydrogen-bond donors (Lipinski definition) is 0. The predicted molar refractivity (Wildman–Crippen MR) is 142 cm³/mol. The summed E-state index contributed by atoms with van der Waals surface area (Å²) in [5, 5.41) is 3.85. The third-order valence-corrected chi connectivity index (χ3v) is 6.00. The number of hydrogen-bond acceptors (Lipinski definition) is 6. The van der Waals surface area contributed by atoms with Crippen molar-refractivity contribution < 1.29 is 31.6 Å². The number of carbonyl (C=O) groups is 1. The number of esters is 1. The summed E-state index contributed by atoms with van der Waals surface area (Å²) in [6, 6.07) is 15.0. The van der Waals surface area contributed by atoms with Crippen LogP contribution < -0.4 is 0 Å². The second-order valence-corrected chi connectivity index (χ2v) is 10.6. The molecule has 0 bridgehead atoms. The predicted octanol–water partition coefficient (Wildman–Crippen LogP) is 7.31. The summed E-state index contributed by atoms with van der Waals surface area (Å²) in [7, 11) is 1.67. The van der Waals surface area contributed by atoms with Gasteiger partial charge in [0, 0.05) is 23.2 Å². The summed E-state index contributed by atoms with van der Waals surface area (Å²) in [6.45, 7) is 7.18. The minimum atomic E-state index is -4.62. The number of halogens is 4. The summed E-state index contributed by atoms with van der Waals surface area (Å²) >= 11 is 0. The minimum Gasteiger partial charge on any atom is -0.459 e. The molecule has 0 aliphatic rings. The molecule has 0 fully saturated rings. The average molecular weight is 556 g/mol. The van der Waals surface area contributed by atoms with Gasteiger partial charge in [0.1, 0.15) is 11.4 Å². The van der Waals surface area contributed by atoms with E-state index in [1.54, 1.807) is 70.0 Å². The molecule has 3 aromatic carbocycles. The van der Waals surface area contributed by atoms with E-state index in [4.69, 9.17) is 9.26 Å². The van der Waals surface area contributed by atoms with Crippen LogP contribution in [0, 0.1) is 12.7 Å². The first-order chi connectivity index (χ1) is 18.7. The van der Waals surface area contributed by atoms with Crippen molar-refractivity contribution in [2.75, 3.05) is 13.6 Å². The molecule has 0 saturated heterocycles. The summed E-state index contributed by atoms with van der Waals surface area (Å²) in [4.78, 5) is 17.9. The van der Waals surface area contributed by atoms with Crippen molar-refractivity contribution in [2.45, 2.75) is 46.0 Å². The molecule has 1 aromatic heterocycles. The molecule has 4 aromatic rings. The van der Waals surface area contributed by atoms with E-state index in [2.05, 4.69) is 10.1 Å². The number of likely N-dealkylation sites (N-methyl/N-ethyl adjacent to an activating group) is 1. The van der Waals surface area contributed by atoms with Gasteiger partial charge in [-0.25, -0.2) is 4.39 Å². The molecule has 4 rings (SSSR count). The van der Waals surface area contributed by atoms with E-state index < -0.39 is 29.1 Å². The lowest BCUT2D eigenvalue weighted by Crippen LogP contribution is -2.32. The minimum absolute atomic E-state index is 0.0186. The molecule has 0 unspecified atom stereocenters. The molecule has 0 aliphatic heterocycles. The van der Waals surface area contributed by atoms with Gasteiger partial charge >= 0.3 is 12.1 Å². The van der Waals surface area contributed by atoms with Crippen LogP contribution in [-0.2, 0) is 22.3 Å². The maximum Gasteiger partial charge on any atom is 0.417 e. The number of carbonyl (C=O) groups excluding carboxylic acids is 1. The standard InChI is InChI=1S/C30H29F4N3O3/c1-18-8-6-7-9-22(18)23-13-12-20(14-24(23)30(32,33)34)28-35-27(36-40-28)19-10-11-21(25(31)15-19)16-37(5)17-26(38)39-29(2,3)4/h6-15H,16-17H2,1-5H3. The summed E-state index contributed by atoms with van der Waals surface area (Å²) in [5.41, 5.74) is 0.490. The third-order valence-electron chi connectivity index (χ3n) is 6.00. The Bertz CT molecular complexity index is 1520. The zero-order chi connectivity index (χ0) is 29.2. The van der Waals surface area contributed by atoms with Crippen molar-refractivity contribution in [3.8, 4) is 34.0 Å². The highest BCUT2D eigenvalue weighted by atomic mass is 19.4. The van der Waals surface area contributed by atoms with Crippen LogP contribution in [0.3, 0.4) is 0 Å². The fourth-order valence-corrected chi connectivity index (χ4v) is 4.24. The van der Waals surface area contributed by atoms with Crippen molar-refractivity contribution in [1.82, 2.24) is 15.0 Å². The van der Waals surface area contributed by atoms with Gasteiger partial charge in [0.05, 0.1) is 12.1 Å². The molecule has 0 radical (unpaired) electrons. The maximum atomic E-state index is 14.9. The van der Waals surface area contributed by atoms with E-state index in [9.17, 15) is 22.4 Å². The van der Waals surface area contributed by atoms with Gasteiger partial charge in [0.25, 0.3) is 5.89 Å². The number of benzene rings is 3. The van der Waals surface area contributed by atoms with Gasteiger partial charge in [0.15, 0.2) is 0 Å². The zero-order valence-electron chi connectivity index (χ0n) is 22.8. The van der Waals surface area contributed by atoms with Crippen LogP contribution in [0.25, 0.3) is 34.0 Å². The molecule has 0 amide bonds. The van der Waals surface area contributed by atoms with Gasteiger partial charge in [-0.3, -0.25) is 9.69 Å². The van der Waals surface area contributed by atoms with E-state index >= 15 is 0 Å². The van der Waals surface area contributed by atoms with Crippen LogP contribution in [0.4, 0.5) is 17.6 Å². The van der Waals surface area contributed by atoms with Crippen LogP contribution in [0.1, 0.15) is 37.5 Å². The summed E-state index contributed by atoms with van der Waals surface area (Å²) in [5.74, 6) is -1.08. The van der Waals surface area contributed by atoms with E-state index in [0.29, 0.717) is 22.3 Å². The first kappa shape index (κ1) is 28.9. The van der Waals surface area contributed by atoms with E-state index in [1.165, 1.54) is 24.3 Å². The molecule has 0 spiro atoms. The Hall–Kier alpha value is -4.05. The third kappa shape index (κ3) is 6.93. The highest BCUT2D eigenvalue weighted by molar-refractivity contribution is 5.75. The first-order valence-electron chi connectivity index (χ1n) is 12.5. The van der Waals surface area contributed by atoms with Gasteiger partial charge in [-0.1, -0.05) is 47.6 Å². The van der Waals surface area contributed by atoms with Gasteiger partial charge in [-0.05, 0) is 69.6 Å². The Morgan fingerprint density at radius 3 is 2.33 bits per heavy atom. The Morgan fingerprint density at radius 1 is 0.975 bits per heavy atom. The molecule has 1 heterocycles. The van der Waals surface area contributed by atoms with Crippen molar-refractivity contribution in [2.24, 2.45) is 0 Å². The molecule has 40 heavy (non-hydrogen) atoms. The molecule has 0 saturated carbocycles. The summed E-state index contributed by atoms with van der Waals surface area (Å²) < 4.78 is 67.5. The smallest absolute Gasteiger partial charge is 0.417 e. The van der Waals surface area contributed by atoms with Gasteiger partial charge < -0.3 is 9.26 Å². The van der Waals surface area contributed by atoms with Gasteiger partial charge in [-0.15, -0.1) is 0 Å². The normalized spacial score (nSPS) is 12.2. The maximum absolute atomic E-state index is 14.9. The van der Waals surface area contributed by atoms with Gasteiger partial charge in [-0.2, -0.15) is 18.2 Å². The number of aryl methyl sites for hydroxylation is 1. The second-order valence-electron chi connectivity index (χ2n) is 10.6. The number of nitrogens with zero attached hydrogens (tertiary/aromatic N) is 3. The first-order valence-corrected chi connectivity index (χ1v) is 12.5. The Kier molecular flexibility index (Phi) is 8.11. The highest BCUT2D eigenvalue weighted by Gasteiger charge is 2.35. The molecule has 6 nitrogen and oxygen atoms in total. The van der Waals surface area contributed by atoms with Crippen LogP contribution in [0.5, 0.6) is 0 Å². The number of aromatic nitrogens is 2. The molecule has 0 N–H and O–H groups in total. The number of rotatable bonds is 7. The highest BCUT2D eigenvalue weighted by Crippen LogP contribution is 2.40. The van der Waals surface area contributed by atoms with E-state index in [0.717, 1.165) is 6.07 Å². The fraction of sp³-hybridized carbons (Fsp3) is 0.300. The Balaban J connectivity index is 1.55. The van der Waals surface area contributed by atoms with Crippen molar-refractivity contribution in [3.05, 3.63) is 83.2 Å². The van der Waals surface area contributed by atoms with Crippen molar-refractivity contribution in [1.29, 1.82) is 0 Å². The average Bonchev–Trinajstić information content (AvgIpc) is 3.34. The monoisotopic (exact) mass is 555 g/mol. The lowest BCUT2D eigenvalue weighted by molar-refractivity contribution is -0.155. The number of ether oxygens (including phenoxy) is 1. The lowest BCUT2D eigenvalue weighted by Gasteiger charge is -2.22. The van der Waals surface area contributed by atoms with Crippen molar-refractivity contribution in [3.63, 3.8) is 0 Å². The Morgan fingerprint density at radius 2 is 1.68 bits per heavy atom.